The summed E-state index contributed by atoms with van der Waals surface area (Å²) in [5.41, 5.74) is 6.04. The molecule has 3 aromatic rings. The van der Waals surface area contributed by atoms with Crippen molar-refractivity contribution in [3.63, 3.8) is 0 Å². The molecule has 2 aromatic carbocycles. The Bertz CT molecular complexity index is 1360. The first kappa shape index (κ1) is 24.4. The molecule has 0 amide bonds. The molecule has 0 spiro atoms. The Morgan fingerprint density at radius 3 is 2.51 bits per heavy atom. The van der Waals surface area contributed by atoms with Crippen molar-refractivity contribution in [2.45, 2.75) is 27.7 Å². The zero-order chi connectivity index (χ0) is 25.1. The molecule has 180 valence electrons. The quantitative estimate of drug-likeness (QED) is 0.396. The standard InChI is InChI=1S/C28H28N2O4S/c1-6-34-28(32)25-26(31)24(35-27(25)29-21-10-12-23(33-5)13-11-21)16-20-15-18(3)30(19(20)4)22-9-7-8-17(2)14-22/h7-16,31H,6H2,1-5H3/b24-16-,29-27?. The van der Waals surface area contributed by atoms with E-state index in [9.17, 15) is 9.90 Å². The Balaban J connectivity index is 1.76. The average molecular weight is 489 g/mol. The summed E-state index contributed by atoms with van der Waals surface area (Å²) in [7, 11) is 1.60. The zero-order valence-corrected chi connectivity index (χ0v) is 21.3. The molecule has 4 rings (SSSR count). The van der Waals surface area contributed by atoms with Gasteiger partial charge in [-0.3, -0.25) is 0 Å². The van der Waals surface area contributed by atoms with Crippen LogP contribution < -0.4 is 4.74 Å². The summed E-state index contributed by atoms with van der Waals surface area (Å²) in [5.74, 6) is -0.0129. The van der Waals surface area contributed by atoms with Crippen LogP contribution in [0.25, 0.3) is 11.8 Å². The van der Waals surface area contributed by atoms with Gasteiger partial charge in [-0.05, 0) is 87.4 Å². The molecule has 35 heavy (non-hydrogen) atoms. The Morgan fingerprint density at radius 2 is 1.86 bits per heavy atom. The summed E-state index contributed by atoms with van der Waals surface area (Å²) in [4.78, 5) is 17.9. The van der Waals surface area contributed by atoms with Gasteiger partial charge in [-0.15, -0.1) is 0 Å². The maximum absolute atomic E-state index is 12.7. The van der Waals surface area contributed by atoms with Crippen molar-refractivity contribution in [3.05, 3.63) is 93.3 Å². The SMILES string of the molecule is CCOC(=O)C1=C(O)/C(=C/c2cc(C)n(-c3cccc(C)c3)c2C)SC1=Nc1ccc(OC)cc1. The number of thioether (sulfide) groups is 1. The number of hydrogen-bond donors (Lipinski definition) is 1. The molecule has 0 bridgehead atoms. The monoisotopic (exact) mass is 488 g/mol. The first-order chi connectivity index (χ1) is 16.8. The summed E-state index contributed by atoms with van der Waals surface area (Å²) in [5, 5.41) is 11.4. The van der Waals surface area contributed by atoms with Gasteiger partial charge in [-0.1, -0.05) is 23.9 Å². The van der Waals surface area contributed by atoms with Crippen molar-refractivity contribution in [2.24, 2.45) is 4.99 Å². The van der Waals surface area contributed by atoms with Crippen LogP contribution >= 0.6 is 11.8 Å². The van der Waals surface area contributed by atoms with E-state index in [0.717, 1.165) is 22.6 Å². The molecule has 0 unspecified atom stereocenters. The van der Waals surface area contributed by atoms with E-state index in [-0.39, 0.29) is 17.9 Å². The van der Waals surface area contributed by atoms with Gasteiger partial charge in [0.05, 0.1) is 24.3 Å². The van der Waals surface area contributed by atoms with Crippen LogP contribution in [0.2, 0.25) is 0 Å². The molecule has 1 aliphatic heterocycles. The fraction of sp³-hybridized carbons (Fsp3) is 0.214. The highest BCUT2D eigenvalue weighted by Gasteiger charge is 2.33. The lowest BCUT2D eigenvalue weighted by Gasteiger charge is -2.10. The van der Waals surface area contributed by atoms with Crippen LogP contribution in [0, 0.1) is 20.8 Å². The van der Waals surface area contributed by atoms with Crippen LogP contribution in [-0.2, 0) is 9.53 Å². The Hall–Kier alpha value is -3.71. The number of aliphatic hydroxyl groups is 1. The van der Waals surface area contributed by atoms with Crippen molar-refractivity contribution in [1.29, 1.82) is 0 Å². The van der Waals surface area contributed by atoms with Gasteiger partial charge in [0.1, 0.15) is 22.1 Å². The number of benzene rings is 2. The number of nitrogens with zero attached hydrogens (tertiary/aromatic N) is 2. The van der Waals surface area contributed by atoms with E-state index in [1.807, 2.05) is 19.1 Å². The van der Waals surface area contributed by atoms with E-state index >= 15 is 0 Å². The number of carbonyl (C=O) groups excluding carboxylic acids is 1. The van der Waals surface area contributed by atoms with Crippen molar-refractivity contribution >= 4 is 34.5 Å². The van der Waals surface area contributed by atoms with Crippen LogP contribution in [0.1, 0.15) is 29.4 Å². The lowest BCUT2D eigenvalue weighted by Crippen LogP contribution is -2.12. The molecule has 0 atom stereocenters. The summed E-state index contributed by atoms with van der Waals surface area (Å²) in [6, 6.07) is 17.6. The van der Waals surface area contributed by atoms with Crippen LogP contribution in [0.3, 0.4) is 0 Å². The molecule has 0 aliphatic carbocycles. The highest BCUT2D eigenvalue weighted by molar-refractivity contribution is 8.18. The molecular weight excluding hydrogens is 460 g/mol. The molecule has 0 radical (unpaired) electrons. The third-order valence-electron chi connectivity index (χ3n) is 5.69. The molecule has 2 heterocycles. The normalized spacial score (nSPS) is 15.8. The number of methoxy groups -OCH3 is 1. The van der Waals surface area contributed by atoms with Crippen molar-refractivity contribution < 1.29 is 19.4 Å². The lowest BCUT2D eigenvalue weighted by molar-refractivity contribution is -0.138. The first-order valence-corrected chi connectivity index (χ1v) is 12.1. The largest absolute Gasteiger partial charge is 0.506 e. The van der Waals surface area contributed by atoms with Gasteiger partial charge >= 0.3 is 5.97 Å². The Labute approximate surface area is 209 Å². The highest BCUT2D eigenvalue weighted by atomic mass is 32.2. The number of aromatic nitrogens is 1. The molecule has 1 aromatic heterocycles. The Kier molecular flexibility index (Phi) is 7.17. The topological polar surface area (TPSA) is 73.0 Å². The number of aliphatic imine (C=N–C) groups is 1. The predicted octanol–water partition coefficient (Wildman–Crippen LogP) is 6.60. The zero-order valence-electron chi connectivity index (χ0n) is 20.5. The molecule has 0 fully saturated rings. The van der Waals surface area contributed by atoms with E-state index in [2.05, 4.69) is 47.7 Å². The summed E-state index contributed by atoms with van der Waals surface area (Å²) >= 11 is 1.25. The molecule has 7 heteroatoms. The van der Waals surface area contributed by atoms with Crippen LogP contribution in [-0.4, -0.2) is 34.4 Å². The third kappa shape index (κ3) is 5.05. The van der Waals surface area contributed by atoms with Gasteiger partial charge in [0.2, 0.25) is 0 Å². The molecule has 1 aliphatic rings. The van der Waals surface area contributed by atoms with Crippen LogP contribution in [0.5, 0.6) is 5.75 Å². The highest BCUT2D eigenvalue weighted by Crippen LogP contribution is 2.41. The smallest absolute Gasteiger partial charge is 0.344 e. The second-order valence-corrected chi connectivity index (χ2v) is 9.20. The van der Waals surface area contributed by atoms with E-state index in [1.165, 1.54) is 17.3 Å². The minimum Gasteiger partial charge on any atom is -0.506 e. The van der Waals surface area contributed by atoms with E-state index in [4.69, 9.17) is 9.47 Å². The predicted molar refractivity (Wildman–Crippen MR) is 142 cm³/mol. The number of ether oxygens (including phenoxy) is 2. The average Bonchev–Trinajstić information content (AvgIpc) is 3.29. The molecule has 0 saturated carbocycles. The lowest BCUT2D eigenvalue weighted by atomic mass is 10.1. The second-order valence-electron chi connectivity index (χ2n) is 8.17. The number of aryl methyl sites for hydroxylation is 2. The van der Waals surface area contributed by atoms with Gasteiger partial charge < -0.3 is 19.1 Å². The van der Waals surface area contributed by atoms with Gasteiger partial charge in [0.15, 0.2) is 0 Å². The first-order valence-electron chi connectivity index (χ1n) is 11.3. The van der Waals surface area contributed by atoms with Gasteiger partial charge in [-0.2, -0.15) is 0 Å². The van der Waals surface area contributed by atoms with Gasteiger partial charge in [-0.25, -0.2) is 9.79 Å². The summed E-state index contributed by atoms with van der Waals surface area (Å²) in [6.45, 7) is 8.09. The fourth-order valence-corrected chi connectivity index (χ4v) is 5.03. The van der Waals surface area contributed by atoms with Crippen LogP contribution in [0.4, 0.5) is 5.69 Å². The number of hydrogen-bond acceptors (Lipinski definition) is 6. The molecule has 1 N–H and O–H groups in total. The Morgan fingerprint density at radius 1 is 1.11 bits per heavy atom. The minimum absolute atomic E-state index is 0.0754. The van der Waals surface area contributed by atoms with Crippen LogP contribution in [0.15, 0.2) is 75.8 Å². The molecule has 6 nitrogen and oxygen atoms in total. The number of esters is 1. The minimum atomic E-state index is -0.599. The van der Waals surface area contributed by atoms with E-state index in [0.29, 0.717) is 21.4 Å². The van der Waals surface area contributed by atoms with Crippen molar-refractivity contribution in [3.8, 4) is 11.4 Å². The summed E-state index contributed by atoms with van der Waals surface area (Å²) in [6.07, 6.45) is 1.89. The second kappa shape index (κ2) is 10.3. The van der Waals surface area contributed by atoms with E-state index < -0.39 is 5.97 Å². The maximum Gasteiger partial charge on any atom is 0.344 e. The van der Waals surface area contributed by atoms with Gasteiger partial charge in [0, 0.05) is 17.1 Å². The van der Waals surface area contributed by atoms with Crippen molar-refractivity contribution in [1.82, 2.24) is 4.57 Å². The number of carbonyl (C=O) groups is 1. The molecule has 0 saturated heterocycles. The van der Waals surface area contributed by atoms with E-state index in [1.54, 1.807) is 38.3 Å². The third-order valence-corrected chi connectivity index (χ3v) is 6.71. The van der Waals surface area contributed by atoms with Crippen molar-refractivity contribution in [2.75, 3.05) is 13.7 Å². The number of rotatable bonds is 6. The maximum atomic E-state index is 12.7. The van der Waals surface area contributed by atoms with Gasteiger partial charge in [0.25, 0.3) is 0 Å². The summed E-state index contributed by atoms with van der Waals surface area (Å²) < 4.78 is 12.6. The number of aliphatic hydroxyl groups excluding tert-OH is 1. The fourth-order valence-electron chi connectivity index (χ4n) is 4.01. The molecular formula is C28H28N2O4S.